The molecule has 1 aromatic heterocycles. The zero-order valence-corrected chi connectivity index (χ0v) is 7.77. The van der Waals surface area contributed by atoms with E-state index in [2.05, 4.69) is 5.32 Å². The van der Waals surface area contributed by atoms with Gasteiger partial charge in [-0.2, -0.15) is 0 Å². The van der Waals surface area contributed by atoms with E-state index in [4.69, 9.17) is 0 Å². The number of nitrogens with zero attached hydrogens (tertiary/aromatic N) is 1. The number of aromatic nitrogens is 1. The quantitative estimate of drug-likeness (QED) is 0.724. The van der Waals surface area contributed by atoms with Crippen molar-refractivity contribution < 1.29 is 4.79 Å². The summed E-state index contributed by atoms with van der Waals surface area (Å²) in [5.74, 6) is 0.121. The second kappa shape index (κ2) is 3.65. The molecule has 4 heteroatoms. The number of carbonyl (C=O) groups is 1. The first-order chi connectivity index (χ1) is 6.74. The number of rotatable bonds is 2. The van der Waals surface area contributed by atoms with Crippen molar-refractivity contribution in [1.82, 2.24) is 9.88 Å². The van der Waals surface area contributed by atoms with Crippen molar-refractivity contribution in [2.45, 2.75) is 25.4 Å². The van der Waals surface area contributed by atoms with Gasteiger partial charge in [0.15, 0.2) is 5.43 Å². The van der Waals surface area contributed by atoms with Crippen LogP contribution in [0.5, 0.6) is 0 Å². The predicted molar refractivity (Wildman–Crippen MR) is 51.9 cm³/mol. The topological polar surface area (TPSA) is 51.1 Å². The molecule has 1 N–H and O–H groups in total. The zero-order chi connectivity index (χ0) is 9.97. The van der Waals surface area contributed by atoms with Crippen LogP contribution in [-0.2, 0) is 11.3 Å². The number of amides is 1. The number of carbonyl (C=O) groups excluding carboxylic acids is 1. The van der Waals surface area contributed by atoms with Crippen LogP contribution < -0.4 is 10.7 Å². The molecule has 0 aliphatic carbocycles. The summed E-state index contributed by atoms with van der Waals surface area (Å²) in [7, 11) is 0. The highest BCUT2D eigenvalue weighted by Crippen LogP contribution is 2.08. The van der Waals surface area contributed by atoms with Crippen molar-refractivity contribution in [2.24, 2.45) is 0 Å². The molecule has 1 unspecified atom stereocenters. The van der Waals surface area contributed by atoms with Gasteiger partial charge >= 0.3 is 0 Å². The third-order valence-corrected chi connectivity index (χ3v) is 2.38. The molecule has 1 fully saturated rings. The number of hydrogen-bond donors (Lipinski definition) is 1. The molecular weight excluding hydrogens is 180 g/mol. The summed E-state index contributed by atoms with van der Waals surface area (Å²) in [6.07, 6.45) is 4.98. The van der Waals surface area contributed by atoms with Crippen LogP contribution in [0.2, 0.25) is 0 Å². The third kappa shape index (κ3) is 2.02. The molecule has 1 amide bonds. The van der Waals surface area contributed by atoms with Crippen molar-refractivity contribution >= 4 is 5.91 Å². The average Bonchev–Trinajstić information content (AvgIpc) is 2.56. The van der Waals surface area contributed by atoms with Gasteiger partial charge in [-0.3, -0.25) is 9.59 Å². The van der Waals surface area contributed by atoms with E-state index < -0.39 is 0 Å². The number of pyridine rings is 1. The number of hydrogen-bond acceptors (Lipinski definition) is 2. The van der Waals surface area contributed by atoms with Gasteiger partial charge in [0.05, 0.1) is 0 Å². The molecule has 1 aromatic rings. The van der Waals surface area contributed by atoms with Gasteiger partial charge in [-0.15, -0.1) is 0 Å². The van der Waals surface area contributed by atoms with Crippen molar-refractivity contribution in [3.63, 3.8) is 0 Å². The summed E-state index contributed by atoms with van der Waals surface area (Å²) >= 11 is 0. The molecule has 4 nitrogen and oxygen atoms in total. The first kappa shape index (κ1) is 8.99. The van der Waals surface area contributed by atoms with E-state index in [1.165, 1.54) is 12.1 Å². The smallest absolute Gasteiger partial charge is 0.220 e. The Labute approximate surface area is 81.6 Å². The van der Waals surface area contributed by atoms with E-state index in [-0.39, 0.29) is 17.4 Å². The largest absolute Gasteiger partial charge is 0.352 e. The van der Waals surface area contributed by atoms with Crippen LogP contribution in [0.3, 0.4) is 0 Å². The van der Waals surface area contributed by atoms with Crippen molar-refractivity contribution in [3.8, 4) is 0 Å². The summed E-state index contributed by atoms with van der Waals surface area (Å²) in [6.45, 7) is 0.742. The van der Waals surface area contributed by atoms with Crippen molar-refractivity contribution in [2.75, 3.05) is 0 Å². The van der Waals surface area contributed by atoms with Crippen LogP contribution in [0, 0.1) is 0 Å². The second-order valence-electron chi connectivity index (χ2n) is 3.53. The molecule has 0 spiro atoms. The van der Waals surface area contributed by atoms with E-state index >= 15 is 0 Å². The van der Waals surface area contributed by atoms with Crippen molar-refractivity contribution in [1.29, 1.82) is 0 Å². The van der Waals surface area contributed by atoms with Crippen LogP contribution in [0.1, 0.15) is 12.8 Å². The lowest BCUT2D eigenvalue weighted by molar-refractivity contribution is -0.119. The van der Waals surface area contributed by atoms with Crippen LogP contribution in [0.25, 0.3) is 0 Å². The van der Waals surface area contributed by atoms with Gasteiger partial charge in [-0.25, -0.2) is 0 Å². The minimum atomic E-state index is 0.0108. The van der Waals surface area contributed by atoms with Gasteiger partial charge in [0.25, 0.3) is 0 Å². The minimum Gasteiger partial charge on any atom is -0.352 e. The molecule has 1 atom stereocenters. The highest BCUT2D eigenvalue weighted by molar-refractivity contribution is 5.78. The fourth-order valence-corrected chi connectivity index (χ4v) is 1.63. The van der Waals surface area contributed by atoms with Gasteiger partial charge in [0.1, 0.15) is 0 Å². The molecule has 2 heterocycles. The molecule has 0 aromatic carbocycles. The molecule has 0 saturated carbocycles. The molecule has 1 saturated heterocycles. The van der Waals surface area contributed by atoms with Crippen LogP contribution in [0.15, 0.2) is 29.3 Å². The van der Waals surface area contributed by atoms with Crippen molar-refractivity contribution in [3.05, 3.63) is 34.7 Å². The normalized spacial score (nSPS) is 20.9. The zero-order valence-electron chi connectivity index (χ0n) is 7.77. The standard InChI is InChI=1S/C10H12N2O2/c13-9-3-5-12(6-4-9)7-8-1-2-10(14)11-8/h3-6,8H,1-2,7H2,(H,11,14). The fraction of sp³-hybridized carbons (Fsp3) is 0.400. The van der Waals surface area contributed by atoms with E-state index in [1.54, 1.807) is 12.4 Å². The molecule has 0 radical (unpaired) electrons. The van der Waals surface area contributed by atoms with E-state index in [9.17, 15) is 9.59 Å². The summed E-state index contributed by atoms with van der Waals surface area (Å²) in [6, 6.07) is 3.26. The Balaban J connectivity index is 2.01. The lowest BCUT2D eigenvalue weighted by Crippen LogP contribution is -2.29. The van der Waals surface area contributed by atoms with Gasteiger partial charge in [-0.1, -0.05) is 0 Å². The summed E-state index contributed by atoms with van der Waals surface area (Å²) < 4.78 is 1.91. The minimum absolute atomic E-state index is 0.0108. The SMILES string of the molecule is O=C1CCC(Cn2ccc(=O)cc2)N1. The molecule has 14 heavy (non-hydrogen) atoms. The lowest BCUT2D eigenvalue weighted by atomic mass is 10.2. The Hall–Kier alpha value is -1.58. The predicted octanol–water partition coefficient (Wildman–Crippen LogP) is 0.127. The fourth-order valence-electron chi connectivity index (χ4n) is 1.63. The Morgan fingerprint density at radius 1 is 1.36 bits per heavy atom. The molecular formula is C10H12N2O2. The highest BCUT2D eigenvalue weighted by Gasteiger charge is 2.20. The Morgan fingerprint density at radius 2 is 2.07 bits per heavy atom. The second-order valence-corrected chi connectivity index (χ2v) is 3.53. The van der Waals surface area contributed by atoms with Crippen LogP contribution in [0.4, 0.5) is 0 Å². The molecule has 2 rings (SSSR count). The van der Waals surface area contributed by atoms with E-state index in [1.807, 2.05) is 4.57 Å². The third-order valence-electron chi connectivity index (χ3n) is 2.38. The van der Waals surface area contributed by atoms with Crippen LogP contribution in [-0.4, -0.2) is 16.5 Å². The number of nitrogens with one attached hydrogen (secondary N) is 1. The van der Waals surface area contributed by atoms with E-state index in [0.717, 1.165) is 13.0 Å². The lowest BCUT2D eigenvalue weighted by Gasteiger charge is -2.11. The summed E-state index contributed by atoms with van der Waals surface area (Å²) in [5.41, 5.74) is 0.0108. The van der Waals surface area contributed by atoms with Gasteiger partial charge in [-0.05, 0) is 6.42 Å². The molecule has 1 aliphatic rings. The van der Waals surface area contributed by atoms with Crippen LogP contribution >= 0.6 is 0 Å². The average molecular weight is 192 g/mol. The highest BCUT2D eigenvalue weighted by atomic mass is 16.2. The Kier molecular flexibility index (Phi) is 2.35. The molecule has 74 valence electrons. The van der Waals surface area contributed by atoms with Gasteiger partial charge in [0.2, 0.25) is 5.91 Å². The van der Waals surface area contributed by atoms with E-state index in [0.29, 0.717) is 6.42 Å². The Morgan fingerprint density at radius 3 is 2.64 bits per heavy atom. The molecule has 1 aliphatic heterocycles. The first-order valence-corrected chi connectivity index (χ1v) is 4.69. The maximum absolute atomic E-state index is 10.9. The Bertz CT molecular complexity index is 377. The maximum Gasteiger partial charge on any atom is 0.220 e. The van der Waals surface area contributed by atoms with Gasteiger partial charge in [0, 0.05) is 43.5 Å². The summed E-state index contributed by atoms with van der Waals surface area (Å²) in [5, 5.41) is 2.88. The molecule has 0 bridgehead atoms. The monoisotopic (exact) mass is 192 g/mol. The summed E-state index contributed by atoms with van der Waals surface area (Å²) in [4.78, 5) is 21.8. The maximum atomic E-state index is 10.9. The van der Waals surface area contributed by atoms with Gasteiger partial charge < -0.3 is 9.88 Å². The first-order valence-electron chi connectivity index (χ1n) is 4.69.